The molecule has 25 heavy (non-hydrogen) atoms. The van der Waals surface area contributed by atoms with Gasteiger partial charge in [-0.3, -0.25) is 4.79 Å². The molecule has 1 aromatic heterocycles. The Morgan fingerprint density at radius 3 is 2.64 bits per heavy atom. The number of nitrogens with one attached hydrogen (secondary N) is 1. The third-order valence-corrected chi connectivity index (χ3v) is 3.65. The van der Waals surface area contributed by atoms with E-state index in [-0.39, 0.29) is 30.3 Å². The fraction of sp³-hybridized carbons (Fsp3) is 0.158. The first-order valence-corrected chi connectivity index (χ1v) is 7.78. The second-order valence-electron chi connectivity index (χ2n) is 5.66. The van der Waals surface area contributed by atoms with E-state index in [1.807, 2.05) is 0 Å². The van der Waals surface area contributed by atoms with Crippen LogP contribution in [0, 0.1) is 18.6 Å². The molecule has 0 bridgehead atoms. The van der Waals surface area contributed by atoms with E-state index in [4.69, 9.17) is 4.42 Å². The Bertz CT molecular complexity index is 889. The molecule has 0 spiro atoms. The third-order valence-electron chi connectivity index (χ3n) is 3.65. The van der Waals surface area contributed by atoms with Gasteiger partial charge in [0.2, 0.25) is 5.91 Å². The molecular weight excluding hydrogens is 326 g/mol. The van der Waals surface area contributed by atoms with Crippen molar-refractivity contribution in [2.75, 3.05) is 5.32 Å². The molecule has 4 nitrogen and oxygen atoms in total. The van der Waals surface area contributed by atoms with Crippen LogP contribution in [-0.2, 0) is 11.2 Å². The maximum atomic E-state index is 13.7. The Labute approximate surface area is 143 Å². The summed E-state index contributed by atoms with van der Waals surface area (Å²) in [6, 6.07) is 10.5. The number of aryl methyl sites for hydroxylation is 2. The van der Waals surface area contributed by atoms with Crippen molar-refractivity contribution >= 4 is 11.6 Å². The number of carbonyl (C=O) groups is 1. The highest BCUT2D eigenvalue weighted by Gasteiger charge is 2.11. The monoisotopic (exact) mass is 342 g/mol. The van der Waals surface area contributed by atoms with Crippen LogP contribution in [0.2, 0.25) is 0 Å². The van der Waals surface area contributed by atoms with Gasteiger partial charge in [0.15, 0.2) is 11.7 Å². The highest BCUT2D eigenvalue weighted by atomic mass is 19.1. The molecule has 0 atom stereocenters. The molecule has 3 rings (SSSR count). The van der Waals surface area contributed by atoms with E-state index >= 15 is 0 Å². The van der Waals surface area contributed by atoms with Gasteiger partial charge in [0.05, 0.1) is 11.9 Å². The zero-order valence-corrected chi connectivity index (χ0v) is 13.6. The smallest absolute Gasteiger partial charge is 0.224 e. The van der Waals surface area contributed by atoms with Crippen molar-refractivity contribution in [3.63, 3.8) is 0 Å². The molecule has 0 unspecified atom stereocenters. The molecule has 0 radical (unpaired) electrons. The van der Waals surface area contributed by atoms with Crippen molar-refractivity contribution in [2.45, 2.75) is 19.8 Å². The van der Waals surface area contributed by atoms with Crippen LogP contribution < -0.4 is 5.32 Å². The van der Waals surface area contributed by atoms with Gasteiger partial charge in [-0.15, -0.1) is 0 Å². The SMILES string of the molecule is Cc1ccc(NC(=O)CCc2ncc(-c3ccc(F)cc3)o2)c(F)c1. The molecule has 1 heterocycles. The van der Waals surface area contributed by atoms with Crippen molar-refractivity contribution in [1.82, 2.24) is 4.98 Å². The highest BCUT2D eigenvalue weighted by Crippen LogP contribution is 2.21. The van der Waals surface area contributed by atoms with Crippen molar-refractivity contribution in [3.05, 3.63) is 71.8 Å². The summed E-state index contributed by atoms with van der Waals surface area (Å²) in [4.78, 5) is 16.1. The quantitative estimate of drug-likeness (QED) is 0.743. The maximum absolute atomic E-state index is 13.7. The van der Waals surface area contributed by atoms with E-state index in [0.29, 0.717) is 17.2 Å². The minimum absolute atomic E-state index is 0.108. The van der Waals surface area contributed by atoms with Gasteiger partial charge < -0.3 is 9.73 Å². The first-order valence-electron chi connectivity index (χ1n) is 7.78. The number of hydrogen-bond acceptors (Lipinski definition) is 3. The Hall–Kier alpha value is -3.02. The van der Waals surface area contributed by atoms with Crippen LogP contribution in [0.15, 0.2) is 53.1 Å². The largest absolute Gasteiger partial charge is 0.441 e. The summed E-state index contributed by atoms with van der Waals surface area (Å²) >= 11 is 0. The molecule has 0 saturated carbocycles. The fourth-order valence-electron chi connectivity index (χ4n) is 2.33. The van der Waals surface area contributed by atoms with Crippen LogP contribution in [0.1, 0.15) is 17.9 Å². The molecular formula is C19H16F2N2O2. The van der Waals surface area contributed by atoms with E-state index in [0.717, 1.165) is 5.56 Å². The van der Waals surface area contributed by atoms with Gasteiger partial charge in [-0.2, -0.15) is 0 Å². The van der Waals surface area contributed by atoms with Crippen LogP contribution in [0.4, 0.5) is 14.5 Å². The van der Waals surface area contributed by atoms with Gasteiger partial charge in [0.25, 0.3) is 0 Å². The zero-order valence-electron chi connectivity index (χ0n) is 13.6. The molecule has 6 heteroatoms. The number of halogens is 2. The highest BCUT2D eigenvalue weighted by molar-refractivity contribution is 5.90. The normalized spacial score (nSPS) is 10.7. The lowest BCUT2D eigenvalue weighted by Crippen LogP contribution is -2.13. The van der Waals surface area contributed by atoms with Gasteiger partial charge >= 0.3 is 0 Å². The van der Waals surface area contributed by atoms with Crippen LogP contribution >= 0.6 is 0 Å². The van der Waals surface area contributed by atoms with Crippen molar-refractivity contribution < 1.29 is 18.0 Å². The number of amides is 1. The lowest BCUT2D eigenvalue weighted by Gasteiger charge is -2.06. The lowest BCUT2D eigenvalue weighted by molar-refractivity contribution is -0.116. The van der Waals surface area contributed by atoms with Crippen LogP contribution in [-0.4, -0.2) is 10.9 Å². The predicted octanol–water partition coefficient (Wildman–Crippen LogP) is 4.50. The second kappa shape index (κ2) is 7.25. The summed E-state index contributed by atoms with van der Waals surface area (Å²) in [5.74, 6) is -0.241. The summed E-state index contributed by atoms with van der Waals surface area (Å²) in [6.45, 7) is 1.77. The summed E-state index contributed by atoms with van der Waals surface area (Å²) in [6.07, 6.45) is 1.91. The van der Waals surface area contributed by atoms with Crippen LogP contribution in [0.25, 0.3) is 11.3 Å². The van der Waals surface area contributed by atoms with Crippen molar-refractivity contribution in [3.8, 4) is 11.3 Å². The van der Waals surface area contributed by atoms with E-state index < -0.39 is 5.82 Å². The number of rotatable bonds is 5. The first kappa shape index (κ1) is 16.8. The van der Waals surface area contributed by atoms with Gasteiger partial charge in [0.1, 0.15) is 11.6 Å². The molecule has 1 N–H and O–H groups in total. The minimum Gasteiger partial charge on any atom is -0.441 e. The van der Waals surface area contributed by atoms with Crippen LogP contribution in [0.5, 0.6) is 0 Å². The number of anilines is 1. The average Bonchev–Trinajstić information content (AvgIpc) is 3.05. The number of benzene rings is 2. The predicted molar refractivity (Wildman–Crippen MR) is 90.0 cm³/mol. The average molecular weight is 342 g/mol. The maximum Gasteiger partial charge on any atom is 0.224 e. The number of oxazole rings is 1. The Morgan fingerprint density at radius 2 is 1.92 bits per heavy atom. The van der Waals surface area contributed by atoms with Crippen LogP contribution in [0.3, 0.4) is 0 Å². The molecule has 1 amide bonds. The molecule has 0 aliphatic carbocycles. The van der Waals surface area contributed by atoms with E-state index in [1.165, 1.54) is 30.5 Å². The van der Waals surface area contributed by atoms with Gasteiger partial charge in [-0.05, 0) is 48.9 Å². The summed E-state index contributed by atoms with van der Waals surface area (Å²) < 4.78 is 32.2. The Kier molecular flexibility index (Phi) is 4.88. The first-order chi connectivity index (χ1) is 12.0. The molecule has 0 fully saturated rings. The van der Waals surface area contributed by atoms with E-state index in [9.17, 15) is 13.6 Å². The number of carbonyl (C=O) groups excluding carboxylic acids is 1. The molecule has 128 valence electrons. The molecule has 2 aromatic carbocycles. The van der Waals surface area contributed by atoms with Crippen molar-refractivity contribution in [1.29, 1.82) is 0 Å². The van der Waals surface area contributed by atoms with Gasteiger partial charge in [-0.25, -0.2) is 13.8 Å². The standard InChI is InChI=1S/C19H16F2N2O2/c1-12-2-7-16(15(21)10-12)23-18(24)8-9-19-22-11-17(25-19)13-3-5-14(20)6-4-13/h2-7,10-11H,8-9H2,1H3,(H,23,24). The molecule has 0 aliphatic rings. The number of nitrogens with zero attached hydrogens (tertiary/aromatic N) is 1. The Morgan fingerprint density at radius 1 is 1.16 bits per heavy atom. The second-order valence-corrected chi connectivity index (χ2v) is 5.66. The molecule has 3 aromatic rings. The summed E-state index contributed by atoms with van der Waals surface area (Å²) in [5, 5.41) is 2.53. The number of aromatic nitrogens is 1. The topological polar surface area (TPSA) is 55.1 Å². The van der Waals surface area contributed by atoms with E-state index in [1.54, 1.807) is 25.1 Å². The summed E-state index contributed by atoms with van der Waals surface area (Å²) in [5.41, 5.74) is 1.63. The fourth-order valence-corrected chi connectivity index (χ4v) is 2.33. The van der Waals surface area contributed by atoms with Gasteiger partial charge in [0, 0.05) is 18.4 Å². The Balaban J connectivity index is 1.58. The molecule has 0 aliphatic heterocycles. The lowest BCUT2D eigenvalue weighted by atomic mass is 10.2. The molecule has 0 saturated heterocycles. The van der Waals surface area contributed by atoms with Gasteiger partial charge in [-0.1, -0.05) is 6.07 Å². The summed E-state index contributed by atoms with van der Waals surface area (Å²) in [7, 11) is 0. The zero-order chi connectivity index (χ0) is 17.8. The minimum atomic E-state index is -0.469. The third kappa shape index (κ3) is 4.29. The number of hydrogen-bond donors (Lipinski definition) is 1. The van der Waals surface area contributed by atoms with Crippen molar-refractivity contribution in [2.24, 2.45) is 0 Å². The van der Waals surface area contributed by atoms with E-state index in [2.05, 4.69) is 10.3 Å².